The number of fused-ring (bicyclic) bond motifs is 1. The van der Waals surface area contributed by atoms with Gasteiger partial charge in [0.2, 0.25) is 0 Å². The van der Waals surface area contributed by atoms with E-state index in [9.17, 15) is 9.59 Å². The van der Waals surface area contributed by atoms with Crippen molar-refractivity contribution in [1.29, 1.82) is 0 Å². The van der Waals surface area contributed by atoms with Crippen LogP contribution in [-0.4, -0.2) is 26.8 Å². The molecule has 1 aromatic carbocycles. The first-order valence-electron chi connectivity index (χ1n) is 9.22. The van der Waals surface area contributed by atoms with Crippen molar-refractivity contribution in [3.63, 3.8) is 0 Å². The molecule has 7 heteroatoms. The predicted octanol–water partition coefficient (Wildman–Crippen LogP) is 3.20. The van der Waals surface area contributed by atoms with Crippen LogP contribution in [0.5, 0.6) is 0 Å². The first-order valence-corrected chi connectivity index (χ1v) is 9.22. The summed E-state index contributed by atoms with van der Waals surface area (Å²) < 4.78 is 7.28. The molecule has 2 heterocycles. The molecule has 0 radical (unpaired) electrons. The number of carbonyl (C=O) groups excluding carboxylic acids is 1. The number of hydrogen-bond donors (Lipinski definition) is 2. The van der Waals surface area contributed by atoms with Crippen molar-refractivity contribution in [1.82, 2.24) is 15.1 Å². The van der Waals surface area contributed by atoms with E-state index in [0.717, 1.165) is 36.2 Å². The number of nitrogens with one attached hydrogen (secondary N) is 1. The van der Waals surface area contributed by atoms with E-state index in [-0.39, 0.29) is 18.0 Å². The Balaban J connectivity index is 1.56. The van der Waals surface area contributed by atoms with E-state index in [2.05, 4.69) is 10.4 Å². The van der Waals surface area contributed by atoms with Gasteiger partial charge in [-0.25, -0.2) is 9.48 Å². The van der Waals surface area contributed by atoms with Crippen LogP contribution in [0.15, 0.2) is 34.7 Å². The average Bonchev–Trinajstić information content (AvgIpc) is 3.35. The molecule has 0 unspecified atom stereocenters. The number of aryl methyl sites for hydroxylation is 2. The molecular weight excluding hydrogens is 358 g/mol. The quantitative estimate of drug-likeness (QED) is 0.709. The van der Waals surface area contributed by atoms with E-state index in [1.165, 1.54) is 11.6 Å². The van der Waals surface area contributed by atoms with Crippen molar-refractivity contribution < 1.29 is 19.1 Å². The molecule has 0 bridgehead atoms. The largest absolute Gasteiger partial charge is 0.478 e. The highest BCUT2D eigenvalue weighted by Crippen LogP contribution is 2.28. The highest BCUT2D eigenvalue weighted by molar-refractivity contribution is 5.94. The summed E-state index contributed by atoms with van der Waals surface area (Å²) in [7, 11) is 0. The van der Waals surface area contributed by atoms with Crippen LogP contribution in [-0.2, 0) is 19.4 Å². The van der Waals surface area contributed by atoms with Crippen LogP contribution in [0.4, 0.5) is 0 Å². The second-order valence-electron chi connectivity index (χ2n) is 7.05. The fraction of sp³-hybridized carbons (Fsp3) is 0.286. The number of amides is 1. The van der Waals surface area contributed by atoms with Crippen molar-refractivity contribution in [2.75, 3.05) is 0 Å². The zero-order valence-corrected chi connectivity index (χ0v) is 15.8. The molecule has 1 amide bonds. The monoisotopic (exact) mass is 379 g/mol. The Morgan fingerprint density at radius 3 is 2.64 bits per heavy atom. The van der Waals surface area contributed by atoms with E-state index in [1.807, 2.05) is 35.9 Å². The lowest BCUT2D eigenvalue weighted by atomic mass is 10.2. The molecule has 3 aromatic rings. The zero-order chi connectivity index (χ0) is 19.8. The van der Waals surface area contributed by atoms with Gasteiger partial charge in [0.15, 0.2) is 5.69 Å². The molecular formula is C21H21N3O4. The van der Waals surface area contributed by atoms with Gasteiger partial charge < -0.3 is 14.8 Å². The summed E-state index contributed by atoms with van der Waals surface area (Å²) in [5.41, 5.74) is 4.70. The van der Waals surface area contributed by atoms with Crippen LogP contribution in [0.3, 0.4) is 0 Å². The minimum Gasteiger partial charge on any atom is -0.478 e. The van der Waals surface area contributed by atoms with Crippen LogP contribution in [0, 0.1) is 13.8 Å². The van der Waals surface area contributed by atoms with Gasteiger partial charge in [-0.1, -0.05) is 17.7 Å². The number of furan rings is 1. The standard InChI is InChI=1S/C21H21N3O4/c1-12-6-8-14(9-7-12)24-18-5-3-4-16(18)19(23-24)20(25)22-11-15-10-17(21(26)27)13(2)28-15/h6-10H,3-5,11H2,1-2H3,(H,22,25)(H,26,27). The molecule has 0 atom stereocenters. The molecule has 28 heavy (non-hydrogen) atoms. The van der Waals surface area contributed by atoms with E-state index in [0.29, 0.717) is 17.2 Å². The van der Waals surface area contributed by atoms with Crippen LogP contribution in [0.1, 0.15) is 55.6 Å². The normalized spacial score (nSPS) is 12.8. The first-order chi connectivity index (χ1) is 13.4. The van der Waals surface area contributed by atoms with Crippen LogP contribution < -0.4 is 5.32 Å². The molecule has 2 aromatic heterocycles. The fourth-order valence-corrected chi connectivity index (χ4v) is 3.61. The van der Waals surface area contributed by atoms with Crippen molar-refractivity contribution in [2.45, 2.75) is 39.7 Å². The maximum Gasteiger partial charge on any atom is 0.339 e. The van der Waals surface area contributed by atoms with Gasteiger partial charge in [0.1, 0.15) is 17.1 Å². The van der Waals surface area contributed by atoms with E-state index in [1.54, 1.807) is 6.92 Å². The summed E-state index contributed by atoms with van der Waals surface area (Å²) in [5.74, 6) is -0.609. The first kappa shape index (κ1) is 18.0. The van der Waals surface area contributed by atoms with Crippen LogP contribution >= 0.6 is 0 Å². The fourth-order valence-electron chi connectivity index (χ4n) is 3.61. The van der Waals surface area contributed by atoms with E-state index >= 15 is 0 Å². The lowest BCUT2D eigenvalue weighted by Crippen LogP contribution is -2.24. The number of aromatic nitrogens is 2. The second kappa shape index (κ2) is 6.99. The molecule has 144 valence electrons. The Morgan fingerprint density at radius 2 is 1.96 bits per heavy atom. The zero-order valence-electron chi connectivity index (χ0n) is 15.8. The summed E-state index contributed by atoms with van der Waals surface area (Å²) in [6, 6.07) is 9.49. The molecule has 0 spiro atoms. The SMILES string of the molecule is Cc1ccc(-n2nc(C(=O)NCc3cc(C(=O)O)c(C)o3)c3c2CCC3)cc1. The number of carbonyl (C=O) groups is 2. The summed E-state index contributed by atoms with van der Waals surface area (Å²) >= 11 is 0. The Kier molecular flexibility index (Phi) is 4.50. The number of nitrogens with zero attached hydrogens (tertiary/aromatic N) is 2. The van der Waals surface area contributed by atoms with Gasteiger partial charge in [0.25, 0.3) is 5.91 Å². The minimum atomic E-state index is -1.05. The van der Waals surface area contributed by atoms with Crippen molar-refractivity contribution in [3.05, 3.63) is 69.9 Å². The Morgan fingerprint density at radius 1 is 1.21 bits per heavy atom. The van der Waals surface area contributed by atoms with E-state index in [4.69, 9.17) is 9.52 Å². The molecule has 0 aliphatic heterocycles. The summed E-state index contributed by atoms with van der Waals surface area (Å²) in [6.07, 6.45) is 2.72. The Hall–Kier alpha value is -3.35. The third kappa shape index (κ3) is 3.19. The third-order valence-corrected chi connectivity index (χ3v) is 5.05. The van der Waals surface area contributed by atoms with Gasteiger partial charge in [0, 0.05) is 11.3 Å². The minimum absolute atomic E-state index is 0.105. The summed E-state index contributed by atoms with van der Waals surface area (Å²) in [4.78, 5) is 23.9. The van der Waals surface area contributed by atoms with Crippen molar-refractivity contribution in [2.24, 2.45) is 0 Å². The number of carboxylic acids is 1. The molecule has 2 N–H and O–H groups in total. The molecule has 0 saturated carbocycles. The number of hydrogen-bond acceptors (Lipinski definition) is 4. The van der Waals surface area contributed by atoms with Crippen LogP contribution in [0.2, 0.25) is 0 Å². The van der Waals surface area contributed by atoms with Gasteiger partial charge >= 0.3 is 5.97 Å². The highest BCUT2D eigenvalue weighted by Gasteiger charge is 2.27. The molecule has 0 saturated heterocycles. The summed E-state index contributed by atoms with van der Waals surface area (Å²) in [6.45, 7) is 3.73. The van der Waals surface area contributed by atoms with Gasteiger partial charge in [-0.05, 0) is 51.3 Å². The van der Waals surface area contributed by atoms with Gasteiger partial charge in [-0.15, -0.1) is 0 Å². The second-order valence-corrected chi connectivity index (χ2v) is 7.05. The predicted molar refractivity (Wildman–Crippen MR) is 102 cm³/mol. The van der Waals surface area contributed by atoms with Gasteiger partial charge in [0.05, 0.1) is 12.2 Å². The summed E-state index contributed by atoms with van der Waals surface area (Å²) in [5, 5.41) is 16.5. The highest BCUT2D eigenvalue weighted by atomic mass is 16.4. The number of rotatable bonds is 5. The van der Waals surface area contributed by atoms with E-state index < -0.39 is 5.97 Å². The van der Waals surface area contributed by atoms with Gasteiger partial charge in [-0.2, -0.15) is 5.10 Å². The smallest absolute Gasteiger partial charge is 0.339 e. The maximum absolute atomic E-state index is 12.8. The topological polar surface area (TPSA) is 97.4 Å². The van der Waals surface area contributed by atoms with Crippen molar-refractivity contribution in [3.8, 4) is 5.69 Å². The maximum atomic E-state index is 12.8. The average molecular weight is 379 g/mol. The molecule has 4 rings (SSSR count). The molecule has 0 fully saturated rings. The number of benzene rings is 1. The third-order valence-electron chi connectivity index (χ3n) is 5.05. The number of aromatic carboxylic acids is 1. The lowest BCUT2D eigenvalue weighted by molar-refractivity contribution is 0.0694. The molecule has 1 aliphatic carbocycles. The lowest BCUT2D eigenvalue weighted by Gasteiger charge is -2.05. The Bertz CT molecular complexity index is 1060. The Labute approximate surface area is 162 Å². The van der Waals surface area contributed by atoms with Crippen molar-refractivity contribution >= 4 is 11.9 Å². The molecule has 7 nitrogen and oxygen atoms in total. The molecule has 1 aliphatic rings. The van der Waals surface area contributed by atoms with Gasteiger partial charge in [-0.3, -0.25) is 4.79 Å². The number of carboxylic acid groups (broad SMARTS) is 1. The van der Waals surface area contributed by atoms with Crippen LogP contribution in [0.25, 0.3) is 5.69 Å².